The second-order valence-electron chi connectivity index (χ2n) is 7.98. The number of carbonyl (C=O) groups is 2. The number of anilines is 2. The zero-order chi connectivity index (χ0) is 23.0. The molecular formula is C26H28N4O3. The van der Waals surface area contributed by atoms with Crippen molar-refractivity contribution < 1.29 is 14.3 Å². The van der Waals surface area contributed by atoms with Crippen molar-refractivity contribution in [3.63, 3.8) is 0 Å². The van der Waals surface area contributed by atoms with Crippen LogP contribution in [0.3, 0.4) is 0 Å². The Bertz CT molecular complexity index is 1100. The molecule has 7 heteroatoms. The van der Waals surface area contributed by atoms with Gasteiger partial charge in [0.05, 0.1) is 24.0 Å². The monoisotopic (exact) mass is 444 g/mol. The zero-order valence-corrected chi connectivity index (χ0v) is 18.7. The highest BCUT2D eigenvalue weighted by molar-refractivity contribution is 6.07. The van der Waals surface area contributed by atoms with Crippen LogP contribution >= 0.6 is 0 Å². The summed E-state index contributed by atoms with van der Waals surface area (Å²) < 4.78 is 4.75. The summed E-state index contributed by atoms with van der Waals surface area (Å²) in [5.74, 6) is -0.726. The van der Waals surface area contributed by atoms with Crippen molar-refractivity contribution in [3.8, 4) is 0 Å². The molecule has 0 aliphatic carbocycles. The van der Waals surface area contributed by atoms with Crippen LogP contribution in [0.25, 0.3) is 0 Å². The molecule has 7 nitrogen and oxygen atoms in total. The number of piperazine rings is 1. The Labute approximate surface area is 194 Å². The lowest BCUT2D eigenvalue weighted by Crippen LogP contribution is -2.47. The molecule has 0 radical (unpaired) electrons. The second kappa shape index (κ2) is 10.7. The first-order valence-electron chi connectivity index (χ1n) is 11.1. The SMILES string of the molecule is COC(=O)c1cccc(C(=O)Nc2ccccc2N2CCN(CCc3ccncc3)CC2)c1. The number of amides is 1. The predicted octanol–water partition coefficient (Wildman–Crippen LogP) is 3.49. The van der Waals surface area contributed by atoms with E-state index in [2.05, 4.69) is 32.2 Å². The van der Waals surface area contributed by atoms with Gasteiger partial charge in [0.1, 0.15) is 0 Å². The molecule has 1 N–H and O–H groups in total. The van der Waals surface area contributed by atoms with Gasteiger partial charge >= 0.3 is 5.97 Å². The van der Waals surface area contributed by atoms with Gasteiger partial charge in [0.2, 0.25) is 0 Å². The van der Waals surface area contributed by atoms with E-state index in [0.717, 1.165) is 50.5 Å². The maximum Gasteiger partial charge on any atom is 0.337 e. The molecule has 2 heterocycles. The van der Waals surface area contributed by atoms with Crippen LogP contribution in [0.5, 0.6) is 0 Å². The van der Waals surface area contributed by atoms with Crippen molar-refractivity contribution in [1.29, 1.82) is 0 Å². The minimum Gasteiger partial charge on any atom is -0.465 e. The van der Waals surface area contributed by atoms with E-state index in [4.69, 9.17) is 4.74 Å². The van der Waals surface area contributed by atoms with Crippen LogP contribution in [0.4, 0.5) is 11.4 Å². The first kappa shape index (κ1) is 22.5. The van der Waals surface area contributed by atoms with Crippen LogP contribution in [-0.2, 0) is 11.2 Å². The molecule has 0 unspecified atom stereocenters. The Hall–Kier alpha value is -3.71. The number of pyridine rings is 1. The number of hydrogen-bond donors (Lipinski definition) is 1. The third-order valence-corrected chi connectivity index (χ3v) is 5.88. The van der Waals surface area contributed by atoms with Gasteiger partial charge in [0.25, 0.3) is 5.91 Å². The third kappa shape index (κ3) is 5.75. The topological polar surface area (TPSA) is 74.8 Å². The zero-order valence-electron chi connectivity index (χ0n) is 18.7. The molecule has 4 rings (SSSR count). The maximum absolute atomic E-state index is 12.9. The number of para-hydroxylation sites is 2. The minimum atomic E-state index is -0.466. The molecule has 0 bridgehead atoms. The van der Waals surface area contributed by atoms with Gasteiger partial charge in [0, 0.05) is 50.7 Å². The molecule has 1 aliphatic heterocycles. The van der Waals surface area contributed by atoms with Gasteiger partial charge in [-0.1, -0.05) is 18.2 Å². The van der Waals surface area contributed by atoms with Gasteiger partial charge < -0.3 is 15.0 Å². The van der Waals surface area contributed by atoms with E-state index in [1.54, 1.807) is 24.3 Å². The Kier molecular flexibility index (Phi) is 7.32. The van der Waals surface area contributed by atoms with Gasteiger partial charge in [-0.25, -0.2) is 4.79 Å². The van der Waals surface area contributed by atoms with Crippen molar-refractivity contribution >= 4 is 23.3 Å². The third-order valence-electron chi connectivity index (χ3n) is 5.88. The molecule has 1 aliphatic rings. The van der Waals surface area contributed by atoms with Crippen molar-refractivity contribution in [2.75, 3.05) is 50.1 Å². The van der Waals surface area contributed by atoms with E-state index in [1.807, 2.05) is 36.7 Å². The van der Waals surface area contributed by atoms with Crippen molar-refractivity contribution in [2.45, 2.75) is 6.42 Å². The van der Waals surface area contributed by atoms with E-state index >= 15 is 0 Å². The number of nitrogens with zero attached hydrogens (tertiary/aromatic N) is 3. The van der Waals surface area contributed by atoms with Gasteiger partial charge in [-0.05, 0) is 54.4 Å². The van der Waals surface area contributed by atoms with Gasteiger partial charge in [-0.2, -0.15) is 0 Å². The maximum atomic E-state index is 12.9. The lowest BCUT2D eigenvalue weighted by Gasteiger charge is -2.37. The van der Waals surface area contributed by atoms with Crippen LogP contribution < -0.4 is 10.2 Å². The fraction of sp³-hybridized carbons (Fsp3) is 0.269. The highest BCUT2D eigenvalue weighted by Crippen LogP contribution is 2.27. The molecule has 1 amide bonds. The molecule has 3 aromatic rings. The van der Waals surface area contributed by atoms with Crippen LogP contribution in [0, 0.1) is 0 Å². The largest absolute Gasteiger partial charge is 0.465 e. The normalized spacial score (nSPS) is 14.0. The summed E-state index contributed by atoms with van der Waals surface area (Å²) >= 11 is 0. The summed E-state index contributed by atoms with van der Waals surface area (Å²) in [4.78, 5) is 33.5. The van der Waals surface area contributed by atoms with Crippen LogP contribution in [-0.4, -0.2) is 61.6 Å². The van der Waals surface area contributed by atoms with Crippen LogP contribution in [0.15, 0.2) is 73.1 Å². The minimum absolute atomic E-state index is 0.260. The number of esters is 1. The summed E-state index contributed by atoms with van der Waals surface area (Å²) in [6.45, 7) is 4.73. The summed E-state index contributed by atoms with van der Waals surface area (Å²) in [6, 6.07) is 18.5. The first-order chi connectivity index (χ1) is 16.1. The van der Waals surface area contributed by atoms with Crippen molar-refractivity contribution in [3.05, 3.63) is 89.7 Å². The van der Waals surface area contributed by atoms with E-state index in [0.29, 0.717) is 11.1 Å². The standard InChI is InChI=1S/C26H28N4O3/c1-33-26(32)22-6-4-5-21(19-22)25(31)28-23-7-2-3-8-24(23)30-17-15-29(16-18-30)14-11-20-9-12-27-13-10-20/h2-10,12-13,19H,11,14-18H2,1H3,(H,28,31). The van der Waals surface area contributed by atoms with Crippen molar-refractivity contribution in [2.24, 2.45) is 0 Å². The van der Waals surface area contributed by atoms with Crippen molar-refractivity contribution in [1.82, 2.24) is 9.88 Å². The predicted molar refractivity (Wildman–Crippen MR) is 129 cm³/mol. The van der Waals surface area contributed by atoms with Gasteiger partial charge in [0.15, 0.2) is 0 Å². The lowest BCUT2D eigenvalue weighted by molar-refractivity contribution is 0.0600. The lowest BCUT2D eigenvalue weighted by atomic mass is 10.1. The van der Waals surface area contributed by atoms with E-state index < -0.39 is 5.97 Å². The van der Waals surface area contributed by atoms with E-state index in [-0.39, 0.29) is 5.91 Å². The summed E-state index contributed by atoms with van der Waals surface area (Å²) in [5, 5.41) is 3.01. The molecule has 0 saturated carbocycles. The molecule has 1 fully saturated rings. The number of rotatable bonds is 7. The van der Waals surface area contributed by atoms with E-state index in [9.17, 15) is 9.59 Å². The molecular weight excluding hydrogens is 416 g/mol. The Balaban J connectivity index is 1.38. The Morgan fingerprint density at radius 1 is 0.939 bits per heavy atom. The Morgan fingerprint density at radius 3 is 2.42 bits per heavy atom. The summed E-state index contributed by atoms with van der Waals surface area (Å²) in [7, 11) is 1.32. The van der Waals surface area contributed by atoms with Crippen LogP contribution in [0.2, 0.25) is 0 Å². The first-order valence-corrected chi connectivity index (χ1v) is 11.1. The summed E-state index contributed by atoms with van der Waals surface area (Å²) in [5.41, 5.74) is 3.83. The molecule has 0 atom stereocenters. The molecule has 0 spiro atoms. The van der Waals surface area contributed by atoms with Gasteiger partial charge in [-0.15, -0.1) is 0 Å². The second-order valence-corrected chi connectivity index (χ2v) is 7.98. The molecule has 1 saturated heterocycles. The fourth-order valence-corrected chi connectivity index (χ4v) is 4.00. The number of methoxy groups -OCH3 is 1. The fourth-order valence-electron chi connectivity index (χ4n) is 4.00. The van der Waals surface area contributed by atoms with E-state index in [1.165, 1.54) is 12.7 Å². The number of hydrogen-bond acceptors (Lipinski definition) is 6. The Morgan fingerprint density at radius 2 is 1.67 bits per heavy atom. The molecule has 170 valence electrons. The van der Waals surface area contributed by atoms with Gasteiger partial charge in [-0.3, -0.25) is 14.7 Å². The quantitative estimate of drug-likeness (QED) is 0.563. The molecule has 1 aromatic heterocycles. The average molecular weight is 445 g/mol. The molecule has 2 aromatic carbocycles. The number of aromatic nitrogens is 1. The number of ether oxygens (including phenoxy) is 1. The number of benzene rings is 2. The summed E-state index contributed by atoms with van der Waals surface area (Å²) in [6.07, 6.45) is 4.69. The smallest absolute Gasteiger partial charge is 0.337 e. The number of carbonyl (C=O) groups excluding carboxylic acids is 2. The van der Waals surface area contributed by atoms with Crippen LogP contribution in [0.1, 0.15) is 26.3 Å². The highest BCUT2D eigenvalue weighted by atomic mass is 16.5. The molecule has 33 heavy (non-hydrogen) atoms. The number of nitrogens with one attached hydrogen (secondary N) is 1. The highest BCUT2D eigenvalue weighted by Gasteiger charge is 2.20. The average Bonchev–Trinajstić information content (AvgIpc) is 2.88.